The molecule has 9 nitrogen and oxygen atoms in total. The van der Waals surface area contributed by atoms with Gasteiger partial charge in [0.2, 0.25) is 0 Å². The Balaban J connectivity index is 1.38. The number of fused-ring (bicyclic) bond motifs is 1. The number of hydrogen-bond donors (Lipinski definition) is 1. The molecule has 0 atom stereocenters. The first-order valence-electron chi connectivity index (χ1n) is 16.8. The minimum atomic E-state index is -4.73. The van der Waals surface area contributed by atoms with Crippen molar-refractivity contribution in [3.05, 3.63) is 92.8 Å². The zero-order valence-corrected chi connectivity index (χ0v) is 31.6. The van der Waals surface area contributed by atoms with Gasteiger partial charge in [-0.1, -0.05) is 56.1 Å². The highest BCUT2D eigenvalue weighted by molar-refractivity contribution is 7.94. The highest BCUT2D eigenvalue weighted by atomic mass is 35.5. The minimum absolute atomic E-state index is 0.0756. The monoisotopic (exact) mass is 771 g/mol. The number of nitrogens with one attached hydrogen (secondary N) is 1. The molecule has 0 saturated carbocycles. The molecule has 0 aliphatic carbocycles. The molecule has 0 bridgehead atoms. The van der Waals surface area contributed by atoms with Gasteiger partial charge in [0, 0.05) is 44.3 Å². The van der Waals surface area contributed by atoms with Gasteiger partial charge in [-0.2, -0.15) is 18.3 Å². The van der Waals surface area contributed by atoms with Crippen molar-refractivity contribution in [1.82, 2.24) is 19.9 Å². The number of rotatable bonds is 13. The van der Waals surface area contributed by atoms with Crippen LogP contribution in [0, 0.1) is 13.8 Å². The fraction of sp³-hybridized carbons (Fsp3) is 0.324. The average Bonchev–Trinajstić information content (AvgIpc) is 3.80. The van der Waals surface area contributed by atoms with Gasteiger partial charge >= 0.3 is 6.18 Å². The molecule has 4 aromatic heterocycles. The first-order chi connectivity index (χ1) is 24.7. The number of sulfonamides is 1. The van der Waals surface area contributed by atoms with E-state index in [9.17, 15) is 21.6 Å². The Bertz CT molecular complexity index is 2350. The van der Waals surface area contributed by atoms with E-state index in [1.54, 1.807) is 61.5 Å². The van der Waals surface area contributed by atoms with Gasteiger partial charge in [0.15, 0.2) is 11.5 Å². The quantitative estimate of drug-likeness (QED) is 0.116. The zero-order valence-electron chi connectivity index (χ0n) is 29.2. The average molecular weight is 772 g/mol. The Morgan fingerprint density at radius 2 is 1.75 bits per heavy atom. The number of pyridine rings is 1. The second kappa shape index (κ2) is 14.9. The molecule has 6 rings (SSSR count). The summed E-state index contributed by atoms with van der Waals surface area (Å²) in [7, 11) is -4.08. The largest absolute Gasteiger partial charge is 0.494 e. The molecule has 0 spiro atoms. The summed E-state index contributed by atoms with van der Waals surface area (Å²) < 4.78 is 85.9. The van der Waals surface area contributed by atoms with E-state index >= 15 is 0 Å². The van der Waals surface area contributed by atoms with Crippen LogP contribution in [-0.2, 0) is 35.6 Å². The van der Waals surface area contributed by atoms with E-state index in [1.165, 1.54) is 11.6 Å². The lowest BCUT2D eigenvalue weighted by atomic mass is 10.0. The summed E-state index contributed by atoms with van der Waals surface area (Å²) in [5.74, 6) is 1.32. The summed E-state index contributed by atoms with van der Waals surface area (Å²) in [4.78, 5) is 4.73. The number of aryl methyl sites for hydroxylation is 3. The first kappa shape index (κ1) is 37.4. The second-order valence-electron chi connectivity index (χ2n) is 12.4. The number of nitrogens with zero attached hydrogens (tertiary/aromatic N) is 4. The molecule has 4 heterocycles. The lowest BCUT2D eigenvalue weighted by Gasteiger charge is -2.11. The number of aromatic nitrogens is 4. The number of benzene rings is 2. The van der Waals surface area contributed by atoms with E-state index in [2.05, 4.69) is 21.8 Å². The molecule has 0 fully saturated rings. The molecular formula is C37H37ClF3N5O4S2. The van der Waals surface area contributed by atoms with Crippen molar-refractivity contribution in [1.29, 1.82) is 0 Å². The molecular weight excluding hydrogens is 735 g/mol. The number of hydrogen-bond acceptors (Lipinski definition) is 8. The Kier molecular flexibility index (Phi) is 10.7. The maximum Gasteiger partial charge on any atom is 0.434 e. The van der Waals surface area contributed by atoms with Crippen LogP contribution < -0.4 is 9.46 Å². The van der Waals surface area contributed by atoms with Gasteiger partial charge in [-0.05, 0) is 74.7 Å². The maximum absolute atomic E-state index is 14.4. The fourth-order valence-electron chi connectivity index (χ4n) is 5.89. The number of unbranched alkanes of at least 4 members (excludes halogenated alkanes) is 1. The predicted octanol–water partition coefficient (Wildman–Crippen LogP) is 10.3. The van der Waals surface area contributed by atoms with Crippen LogP contribution in [0.25, 0.3) is 33.3 Å². The molecule has 6 aromatic rings. The summed E-state index contributed by atoms with van der Waals surface area (Å²) in [6.07, 6.45) is -1.71. The number of thiophene rings is 1. The number of anilines is 1. The van der Waals surface area contributed by atoms with Crippen molar-refractivity contribution in [3.8, 4) is 28.1 Å². The smallest absolute Gasteiger partial charge is 0.434 e. The minimum Gasteiger partial charge on any atom is -0.494 e. The molecule has 15 heteroatoms. The van der Waals surface area contributed by atoms with E-state index in [0.717, 1.165) is 29.1 Å². The van der Waals surface area contributed by atoms with Gasteiger partial charge in [-0.15, -0.1) is 11.3 Å². The molecule has 0 aliphatic rings. The number of alkyl halides is 3. The standard InChI is InChI=1S/C37H37ClF3N5O4S2/c1-6-9-16-49-25-13-11-24(12-14-25)33-32-30(17-21(4)42-34(32)37(39,40)41)46(43-33)20-23-10-15-27(29(38)18-23)28-19-26(7-2)51-36(28)52(47,48)45-35-22(5)31(8-3)50-44-35/h10-15,17-19H,6-9,16,20H2,1-5H3,(H,44,45). The number of ether oxygens (including phenoxy) is 1. The van der Waals surface area contributed by atoms with Crippen molar-refractivity contribution in [3.63, 3.8) is 0 Å². The van der Waals surface area contributed by atoms with E-state index in [1.807, 2.05) is 13.8 Å². The van der Waals surface area contributed by atoms with Crippen LogP contribution in [0.2, 0.25) is 5.02 Å². The first-order valence-corrected chi connectivity index (χ1v) is 19.5. The molecule has 52 heavy (non-hydrogen) atoms. The highest BCUT2D eigenvalue weighted by Gasteiger charge is 2.37. The second-order valence-corrected chi connectivity index (χ2v) is 15.8. The number of halogens is 4. The van der Waals surface area contributed by atoms with Gasteiger partial charge in [0.25, 0.3) is 10.0 Å². The van der Waals surface area contributed by atoms with Crippen LogP contribution in [0.5, 0.6) is 5.75 Å². The topological polar surface area (TPSA) is 112 Å². The van der Waals surface area contributed by atoms with Crippen LogP contribution in [-0.4, -0.2) is 34.9 Å². The van der Waals surface area contributed by atoms with E-state index < -0.39 is 21.9 Å². The van der Waals surface area contributed by atoms with Crippen molar-refractivity contribution in [2.75, 3.05) is 11.3 Å². The molecule has 0 amide bonds. The molecule has 0 unspecified atom stereocenters. The van der Waals surface area contributed by atoms with Crippen LogP contribution in [0.15, 0.2) is 63.3 Å². The molecule has 0 radical (unpaired) electrons. The van der Waals surface area contributed by atoms with Gasteiger partial charge in [0.1, 0.15) is 21.4 Å². The molecule has 1 N–H and O–H groups in total. The molecule has 0 aliphatic heterocycles. The van der Waals surface area contributed by atoms with Crippen molar-refractivity contribution >= 4 is 49.7 Å². The van der Waals surface area contributed by atoms with Gasteiger partial charge in [0.05, 0.1) is 24.1 Å². The van der Waals surface area contributed by atoms with Crippen LogP contribution in [0.3, 0.4) is 0 Å². The van der Waals surface area contributed by atoms with Gasteiger partial charge < -0.3 is 9.26 Å². The van der Waals surface area contributed by atoms with Crippen molar-refractivity contribution < 1.29 is 30.8 Å². The Labute approximate surface area is 308 Å². The van der Waals surface area contributed by atoms with Crippen LogP contribution in [0.4, 0.5) is 19.0 Å². The third-order valence-electron chi connectivity index (χ3n) is 8.60. The summed E-state index contributed by atoms with van der Waals surface area (Å²) in [5.41, 5.74) is 2.22. The normalized spacial score (nSPS) is 12.2. The van der Waals surface area contributed by atoms with E-state index in [-0.39, 0.29) is 43.9 Å². The third-order valence-corrected chi connectivity index (χ3v) is 12.1. The predicted molar refractivity (Wildman–Crippen MR) is 198 cm³/mol. The summed E-state index contributed by atoms with van der Waals surface area (Å²) >= 11 is 8.00. The molecule has 0 saturated heterocycles. The lowest BCUT2D eigenvalue weighted by Crippen LogP contribution is -2.13. The molecule has 2 aromatic carbocycles. The third kappa shape index (κ3) is 7.55. The summed E-state index contributed by atoms with van der Waals surface area (Å²) in [6.45, 7) is 9.75. The van der Waals surface area contributed by atoms with Crippen molar-refractivity contribution in [2.45, 2.75) is 77.2 Å². The van der Waals surface area contributed by atoms with Crippen LogP contribution in [0.1, 0.15) is 66.8 Å². The molecule has 274 valence electrons. The summed E-state index contributed by atoms with van der Waals surface area (Å²) in [6, 6.07) is 15.4. The fourth-order valence-corrected chi connectivity index (χ4v) is 8.91. The van der Waals surface area contributed by atoms with E-state index in [0.29, 0.717) is 58.8 Å². The van der Waals surface area contributed by atoms with Crippen molar-refractivity contribution in [2.24, 2.45) is 0 Å². The Hall–Kier alpha value is -4.40. The van der Waals surface area contributed by atoms with E-state index in [4.69, 9.17) is 26.0 Å². The lowest BCUT2D eigenvalue weighted by molar-refractivity contribution is -0.139. The van der Waals surface area contributed by atoms with Crippen LogP contribution >= 0.6 is 22.9 Å². The highest BCUT2D eigenvalue weighted by Crippen LogP contribution is 2.42. The van der Waals surface area contributed by atoms with Gasteiger partial charge in [-0.3, -0.25) is 9.40 Å². The Morgan fingerprint density at radius 3 is 2.38 bits per heavy atom. The SMILES string of the molecule is CCCCOc1ccc(-c2nn(Cc3ccc(-c4cc(CC)sc4S(=O)(=O)Nc4noc(CC)c4C)c(Cl)c3)c3cc(C)nc(C(F)(F)F)c23)cc1. The summed E-state index contributed by atoms with van der Waals surface area (Å²) in [5, 5.41) is 8.77. The van der Waals surface area contributed by atoms with Gasteiger partial charge in [-0.25, -0.2) is 13.4 Å². The zero-order chi connectivity index (χ0) is 37.4. The maximum atomic E-state index is 14.4. The Morgan fingerprint density at radius 1 is 1.00 bits per heavy atom.